The molecule has 1 aromatic heterocycles. The quantitative estimate of drug-likeness (QED) is 0.738. The molecule has 2 aromatic rings. The van der Waals surface area contributed by atoms with Crippen molar-refractivity contribution >= 4 is 18.8 Å². The number of hydrogen-bond donors (Lipinski definition) is 0. The molecule has 0 radical (unpaired) electrons. The summed E-state index contributed by atoms with van der Waals surface area (Å²) in [6.45, 7) is 12.2. The van der Waals surface area contributed by atoms with E-state index in [-0.39, 0.29) is 11.7 Å². The second kappa shape index (κ2) is 11.9. The highest BCUT2D eigenvalue weighted by Crippen LogP contribution is 2.30. The number of nitrogens with zero attached hydrogens (tertiary/aromatic N) is 3. The molecule has 0 fully saturated rings. The molecular formula is C21H30FN3O. The molecule has 142 valence electrons. The van der Waals surface area contributed by atoms with Gasteiger partial charge < -0.3 is 9.69 Å². The van der Waals surface area contributed by atoms with E-state index in [2.05, 4.69) is 23.8 Å². The molecule has 0 aliphatic heterocycles. The minimum Gasteiger partial charge on any atom is -0.347 e. The molecule has 0 N–H and O–H groups in total. The number of anilines is 1. The maximum Gasteiger partial charge on any atom is 0.225 e. The van der Waals surface area contributed by atoms with Gasteiger partial charge in [-0.05, 0) is 37.1 Å². The zero-order chi connectivity index (χ0) is 20.3. The van der Waals surface area contributed by atoms with E-state index in [1.807, 2.05) is 58.7 Å². The van der Waals surface area contributed by atoms with Crippen molar-refractivity contribution in [3.63, 3.8) is 0 Å². The van der Waals surface area contributed by atoms with Crippen molar-refractivity contribution in [2.24, 2.45) is 0 Å². The number of rotatable bonds is 4. The van der Waals surface area contributed by atoms with Crippen molar-refractivity contribution < 1.29 is 9.18 Å². The smallest absolute Gasteiger partial charge is 0.225 e. The summed E-state index contributed by atoms with van der Waals surface area (Å²) in [6.07, 6.45) is 4.00. The van der Waals surface area contributed by atoms with E-state index in [1.54, 1.807) is 12.1 Å². The van der Waals surface area contributed by atoms with Gasteiger partial charge in [0.2, 0.25) is 5.95 Å². The van der Waals surface area contributed by atoms with Crippen LogP contribution in [0, 0.1) is 5.82 Å². The summed E-state index contributed by atoms with van der Waals surface area (Å²) in [5, 5.41) is 0. The van der Waals surface area contributed by atoms with Gasteiger partial charge in [0.15, 0.2) is 0 Å². The standard InChI is InChI=1S/C18H22FN3.C2H6.CH2O/c1-6-7-15-16(12(2)3)20-18(22(4)5)21-17(15)13-8-10-14(19)11-9-13;2*1-2/h6-12H,1-5H3;1-2H3;1H2/b7-6+;;. The first-order valence-electron chi connectivity index (χ1n) is 8.70. The monoisotopic (exact) mass is 359 g/mol. The molecule has 0 spiro atoms. The summed E-state index contributed by atoms with van der Waals surface area (Å²) < 4.78 is 13.2. The van der Waals surface area contributed by atoms with E-state index in [0.29, 0.717) is 5.95 Å². The largest absolute Gasteiger partial charge is 0.347 e. The first kappa shape index (κ1) is 23.4. The molecule has 0 unspecified atom stereocenters. The molecule has 1 heterocycles. The Morgan fingerprint density at radius 3 is 2.04 bits per heavy atom. The van der Waals surface area contributed by atoms with Gasteiger partial charge in [-0.2, -0.15) is 0 Å². The lowest BCUT2D eigenvalue weighted by Gasteiger charge is -2.18. The second-order valence-corrected chi connectivity index (χ2v) is 5.73. The van der Waals surface area contributed by atoms with Crippen LogP contribution in [0.25, 0.3) is 17.3 Å². The number of carbonyl (C=O) groups is 1. The summed E-state index contributed by atoms with van der Waals surface area (Å²) in [7, 11) is 3.84. The van der Waals surface area contributed by atoms with E-state index < -0.39 is 0 Å². The maximum atomic E-state index is 13.2. The lowest BCUT2D eigenvalue weighted by Crippen LogP contribution is -2.16. The highest BCUT2D eigenvalue weighted by Gasteiger charge is 2.17. The molecule has 0 aliphatic carbocycles. The van der Waals surface area contributed by atoms with E-state index >= 15 is 0 Å². The molecular weight excluding hydrogens is 329 g/mol. The molecule has 0 saturated carbocycles. The minimum absolute atomic E-state index is 0.248. The molecule has 26 heavy (non-hydrogen) atoms. The third-order valence-electron chi connectivity index (χ3n) is 3.36. The Bertz CT molecular complexity index is 695. The number of benzene rings is 1. The molecule has 1 aromatic carbocycles. The third kappa shape index (κ3) is 6.06. The summed E-state index contributed by atoms with van der Waals surface area (Å²) in [5.74, 6) is 0.686. The van der Waals surface area contributed by atoms with Gasteiger partial charge in [-0.15, -0.1) is 0 Å². The zero-order valence-electron chi connectivity index (χ0n) is 16.9. The summed E-state index contributed by atoms with van der Waals surface area (Å²) in [5.41, 5.74) is 3.72. The Balaban J connectivity index is 0.00000146. The fraction of sp³-hybridized carbons (Fsp3) is 0.381. The van der Waals surface area contributed by atoms with Gasteiger partial charge in [0.05, 0.1) is 11.4 Å². The molecule has 0 bridgehead atoms. The van der Waals surface area contributed by atoms with Crippen molar-refractivity contribution in [1.29, 1.82) is 0 Å². The van der Waals surface area contributed by atoms with Crippen LogP contribution in [-0.4, -0.2) is 30.9 Å². The number of allylic oxidation sites excluding steroid dienone is 1. The van der Waals surface area contributed by atoms with E-state index in [9.17, 15) is 4.39 Å². The molecule has 2 rings (SSSR count). The van der Waals surface area contributed by atoms with Crippen molar-refractivity contribution in [3.05, 3.63) is 47.4 Å². The summed E-state index contributed by atoms with van der Waals surface area (Å²) >= 11 is 0. The van der Waals surface area contributed by atoms with E-state index in [0.717, 1.165) is 22.5 Å². The van der Waals surface area contributed by atoms with Gasteiger partial charge in [-0.3, -0.25) is 0 Å². The van der Waals surface area contributed by atoms with Crippen LogP contribution in [0.15, 0.2) is 30.3 Å². The number of aromatic nitrogens is 2. The fourth-order valence-corrected chi connectivity index (χ4v) is 2.27. The Hall–Kier alpha value is -2.56. The van der Waals surface area contributed by atoms with E-state index in [4.69, 9.17) is 4.79 Å². The van der Waals surface area contributed by atoms with Crippen LogP contribution in [-0.2, 0) is 4.79 Å². The predicted molar refractivity (Wildman–Crippen MR) is 109 cm³/mol. The van der Waals surface area contributed by atoms with Gasteiger partial charge in [-0.25, -0.2) is 14.4 Å². The SMILES string of the molecule is C/C=C/c1c(-c2ccc(F)cc2)nc(N(C)C)nc1C(C)C.C=O.CC. The molecule has 0 saturated heterocycles. The van der Waals surface area contributed by atoms with Crippen molar-refractivity contribution in [2.75, 3.05) is 19.0 Å². The summed E-state index contributed by atoms with van der Waals surface area (Å²) in [4.78, 5) is 19.2. The van der Waals surface area contributed by atoms with Gasteiger partial charge in [0.1, 0.15) is 12.6 Å². The van der Waals surface area contributed by atoms with Crippen molar-refractivity contribution in [1.82, 2.24) is 9.97 Å². The Morgan fingerprint density at radius 1 is 1.08 bits per heavy atom. The number of hydrogen-bond acceptors (Lipinski definition) is 4. The third-order valence-corrected chi connectivity index (χ3v) is 3.36. The van der Waals surface area contributed by atoms with Crippen LogP contribution < -0.4 is 4.90 Å². The molecule has 4 nitrogen and oxygen atoms in total. The van der Waals surface area contributed by atoms with E-state index in [1.165, 1.54) is 12.1 Å². The molecule has 0 aliphatic rings. The Morgan fingerprint density at radius 2 is 1.62 bits per heavy atom. The zero-order valence-corrected chi connectivity index (χ0v) is 16.9. The molecule has 0 amide bonds. The predicted octanol–water partition coefficient (Wildman–Crippen LogP) is 5.35. The van der Waals surface area contributed by atoms with Gasteiger partial charge in [-0.1, -0.05) is 39.8 Å². The lowest BCUT2D eigenvalue weighted by molar-refractivity contribution is -0.0979. The van der Waals surface area contributed by atoms with Crippen LogP contribution in [0.1, 0.15) is 51.8 Å². The van der Waals surface area contributed by atoms with Crippen LogP contribution in [0.4, 0.5) is 10.3 Å². The molecule has 5 heteroatoms. The van der Waals surface area contributed by atoms with Crippen LogP contribution in [0.5, 0.6) is 0 Å². The van der Waals surface area contributed by atoms with Crippen LogP contribution >= 0.6 is 0 Å². The first-order valence-corrected chi connectivity index (χ1v) is 8.70. The minimum atomic E-state index is -0.248. The first-order chi connectivity index (χ1) is 12.4. The lowest BCUT2D eigenvalue weighted by atomic mass is 9.98. The van der Waals surface area contributed by atoms with Crippen molar-refractivity contribution in [2.45, 2.75) is 40.5 Å². The highest BCUT2D eigenvalue weighted by atomic mass is 19.1. The Labute approximate surface area is 156 Å². The average Bonchev–Trinajstić information content (AvgIpc) is 2.65. The van der Waals surface area contributed by atoms with Gasteiger partial charge >= 0.3 is 0 Å². The molecule has 0 atom stereocenters. The fourth-order valence-electron chi connectivity index (χ4n) is 2.27. The van der Waals surface area contributed by atoms with Gasteiger partial charge in [0.25, 0.3) is 0 Å². The highest BCUT2D eigenvalue weighted by molar-refractivity contribution is 5.74. The number of halogens is 1. The maximum absolute atomic E-state index is 13.2. The summed E-state index contributed by atoms with van der Waals surface area (Å²) in [6, 6.07) is 6.44. The van der Waals surface area contributed by atoms with Crippen molar-refractivity contribution in [3.8, 4) is 11.3 Å². The van der Waals surface area contributed by atoms with Crippen LogP contribution in [0.2, 0.25) is 0 Å². The number of carbonyl (C=O) groups excluding carboxylic acids is 1. The topological polar surface area (TPSA) is 46.1 Å². The second-order valence-electron chi connectivity index (χ2n) is 5.73. The van der Waals surface area contributed by atoms with Crippen LogP contribution in [0.3, 0.4) is 0 Å². The normalized spacial score (nSPS) is 10.0. The van der Waals surface area contributed by atoms with Gasteiger partial charge in [0, 0.05) is 25.2 Å². The average molecular weight is 359 g/mol. The Kier molecular flexibility index (Phi) is 10.7.